The topological polar surface area (TPSA) is 96.8 Å². The second-order valence-electron chi connectivity index (χ2n) is 8.15. The standard InChI is InChI=1S/C24H33FN4O4/c1-6-18-22(17-9-8-16(32-5)12-14(17)3)26-19(7-2)23(27-18)28-21-15(4)29(24(30)31)13-20(21)33-11-10-25/h8-9,12,15,20-21H,6-7,10-11,13H2,1-5H3,(H,27,28)(H,30,31)/t15?,20-,21+/m0/s1. The van der Waals surface area contributed by atoms with E-state index in [0.717, 1.165) is 34.0 Å². The molecule has 2 N–H and O–H groups in total. The number of ether oxygens (including phenoxy) is 2. The highest BCUT2D eigenvalue weighted by molar-refractivity contribution is 5.69. The number of alkyl halides is 1. The first-order valence-corrected chi connectivity index (χ1v) is 11.3. The van der Waals surface area contributed by atoms with Gasteiger partial charge in [-0.2, -0.15) is 0 Å². The fourth-order valence-electron chi connectivity index (χ4n) is 4.31. The highest BCUT2D eigenvalue weighted by atomic mass is 19.1. The van der Waals surface area contributed by atoms with Crippen LogP contribution in [-0.2, 0) is 17.6 Å². The van der Waals surface area contributed by atoms with Crippen LogP contribution in [0.2, 0.25) is 0 Å². The van der Waals surface area contributed by atoms with Gasteiger partial charge in [-0.15, -0.1) is 0 Å². The van der Waals surface area contributed by atoms with Crippen LogP contribution in [0.5, 0.6) is 5.75 Å². The maximum Gasteiger partial charge on any atom is 0.407 e. The Bertz CT molecular complexity index is 987. The highest BCUT2D eigenvalue weighted by Gasteiger charge is 2.43. The molecule has 1 amide bonds. The van der Waals surface area contributed by atoms with Crippen LogP contribution >= 0.6 is 0 Å². The minimum atomic E-state index is -1.03. The molecule has 1 aromatic carbocycles. The number of benzene rings is 1. The van der Waals surface area contributed by atoms with E-state index >= 15 is 0 Å². The minimum absolute atomic E-state index is 0.0781. The van der Waals surface area contributed by atoms with Gasteiger partial charge in [-0.25, -0.2) is 19.2 Å². The van der Waals surface area contributed by atoms with Gasteiger partial charge >= 0.3 is 6.09 Å². The summed E-state index contributed by atoms with van der Waals surface area (Å²) < 4.78 is 23.7. The molecule has 0 radical (unpaired) electrons. The van der Waals surface area contributed by atoms with E-state index in [-0.39, 0.29) is 25.2 Å². The first-order valence-electron chi connectivity index (χ1n) is 11.3. The van der Waals surface area contributed by atoms with Crippen LogP contribution in [0.4, 0.5) is 15.0 Å². The predicted octanol–water partition coefficient (Wildman–Crippen LogP) is 4.10. The average molecular weight is 461 g/mol. The second-order valence-corrected chi connectivity index (χ2v) is 8.15. The predicted molar refractivity (Wildman–Crippen MR) is 125 cm³/mol. The molecule has 1 aliphatic heterocycles. The molecule has 9 heteroatoms. The van der Waals surface area contributed by atoms with Gasteiger partial charge in [-0.05, 0) is 50.5 Å². The first kappa shape index (κ1) is 24.7. The lowest BCUT2D eigenvalue weighted by atomic mass is 10.0. The number of carbonyl (C=O) groups is 1. The van der Waals surface area contributed by atoms with E-state index in [1.165, 1.54) is 4.90 Å². The molecule has 1 fully saturated rings. The number of methoxy groups -OCH3 is 1. The minimum Gasteiger partial charge on any atom is -0.497 e. The summed E-state index contributed by atoms with van der Waals surface area (Å²) in [6.07, 6.45) is -0.189. The van der Waals surface area contributed by atoms with Gasteiger partial charge in [0.05, 0.1) is 55.5 Å². The van der Waals surface area contributed by atoms with Crippen LogP contribution in [0.1, 0.15) is 37.7 Å². The number of nitrogens with one attached hydrogen (secondary N) is 1. The molecule has 180 valence electrons. The van der Waals surface area contributed by atoms with Crippen molar-refractivity contribution in [2.75, 3.05) is 32.3 Å². The summed E-state index contributed by atoms with van der Waals surface area (Å²) in [6, 6.07) is 5.14. The number of halogens is 1. The molecule has 0 saturated carbocycles. The average Bonchev–Trinajstić information content (AvgIpc) is 3.12. The van der Waals surface area contributed by atoms with Crippen molar-refractivity contribution in [2.24, 2.45) is 0 Å². The van der Waals surface area contributed by atoms with Gasteiger partial charge < -0.3 is 24.8 Å². The molecular weight excluding hydrogens is 427 g/mol. The number of amides is 1. The third kappa shape index (κ3) is 5.19. The van der Waals surface area contributed by atoms with Gasteiger partial charge in [0.15, 0.2) is 0 Å². The van der Waals surface area contributed by atoms with E-state index in [0.29, 0.717) is 18.7 Å². The normalized spacial score (nSPS) is 20.2. The molecule has 1 unspecified atom stereocenters. The van der Waals surface area contributed by atoms with Gasteiger partial charge in [0, 0.05) is 5.56 Å². The summed E-state index contributed by atoms with van der Waals surface area (Å²) in [5, 5.41) is 12.9. The zero-order chi connectivity index (χ0) is 24.1. The van der Waals surface area contributed by atoms with Gasteiger partial charge in [0.2, 0.25) is 0 Å². The van der Waals surface area contributed by atoms with Crippen molar-refractivity contribution in [1.82, 2.24) is 14.9 Å². The Morgan fingerprint density at radius 1 is 1.27 bits per heavy atom. The van der Waals surface area contributed by atoms with Crippen LogP contribution in [0.15, 0.2) is 18.2 Å². The lowest BCUT2D eigenvalue weighted by Gasteiger charge is -2.26. The van der Waals surface area contributed by atoms with Crippen LogP contribution in [-0.4, -0.2) is 71.2 Å². The molecule has 0 aliphatic carbocycles. The number of carboxylic acid groups (broad SMARTS) is 1. The Morgan fingerprint density at radius 2 is 2.00 bits per heavy atom. The van der Waals surface area contributed by atoms with Crippen LogP contribution < -0.4 is 10.1 Å². The van der Waals surface area contributed by atoms with E-state index in [1.54, 1.807) is 7.11 Å². The number of aromatic nitrogens is 2. The fraction of sp³-hybridized carbons (Fsp3) is 0.542. The van der Waals surface area contributed by atoms with Crippen molar-refractivity contribution in [2.45, 2.75) is 58.7 Å². The molecule has 2 heterocycles. The SMILES string of the molecule is CCc1nc(-c2ccc(OC)cc2C)c(CC)nc1N[C@@H]1C(C)N(C(=O)O)C[C@@H]1OCCF. The molecule has 0 bridgehead atoms. The summed E-state index contributed by atoms with van der Waals surface area (Å²) in [4.78, 5) is 22.8. The van der Waals surface area contributed by atoms with Gasteiger partial charge in [0.1, 0.15) is 18.2 Å². The number of anilines is 1. The molecule has 0 spiro atoms. The summed E-state index contributed by atoms with van der Waals surface area (Å²) >= 11 is 0. The smallest absolute Gasteiger partial charge is 0.407 e. The molecular formula is C24H33FN4O4. The quantitative estimate of drug-likeness (QED) is 0.581. The zero-order valence-corrected chi connectivity index (χ0v) is 19.9. The molecule has 8 nitrogen and oxygen atoms in total. The summed E-state index contributed by atoms with van der Waals surface area (Å²) in [5.41, 5.74) is 4.49. The van der Waals surface area contributed by atoms with Gasteiger partial charge in [-0.3, -0.25) is 0 Å². The van der Waals surface area contributed by atoms with Gasteiger partial charge in [-0.1, -0.05) is 13.8 Å². The summed E-state index contributed by atoms with van der Waals surface area (Å²) in [7, 11) is 1.64. The maximum absolute atomic E-state index is 12.8. The molecule has 1 saturated heterocycles. The lowest BCUT2D eigenvalue weighted by molar-refractivity contribution is 0.0450. The van der Waals surface area contributed by atoms with Crippen molar-refractivity contribution < 1.29 is 23.8 Å². The Balaban J connectivity index is 1.98. The third-order valence-corrected chi connectivity index (χ3v) is 6.15. The Hall–Kier alpha value is -2.94. The number of rotatable bonds is 9. The zero-order valence-electron chi connectivity index (χ0n) is 19.9. The lowest BCUT2D eigenvalue weighted by Crippen LogP contribution is -2.42. The van der Waals surface area contributed by atoms with E-state index in [2.05, 4.69) is 5.32 Å². The molecule has 1 aliphatic rings. The Morgan fingerprint density at radius 3 is 2.58 bits per heavy atom. The molecule has 1 aromatic heterocycles. The summed E-state index contributed by atoms with van der Waals surface area (Å²) in [5.74, 6) is 1.40. The Kier molecular flexibility index (Phi) is 8.07. The number of aryl methyl sites for hydroxylation is 3. The van der Waals surface area contributed by atoms with Crippen molar-refractivity contribution in [1.29, 1.82) is 0 Å². The number of hydrogen-bond donors (Lipinski definition) is 2. The molecule has 2 aromatic rings. The second kappa shape index (κ2) is 10.8. The summed E-state index contributed by atoms with van der Waals surface area (Å²) in [6.45, 7) is 7.34. The molecule has 3 rings (SSSR count). The van der Waals surface area contributed by atoms with Crippen LogP contribution in [0.3, 0.4) is 0 Å². The largest absolute Gasteiger partial charge is 0.497 e. The van der Waals surface area contributed by atoms with E-state index < -0.39 is 18.9 Å². The molecule has 33 heavy (non-hydrogen) atoms. The fourth-order valence-corrected chi connectivity index (χ4v) is 4.31. The van der Waals surface area contributed by atoms with Crippen molar-refractivity contribution in [3.05, 3.63) is 35.2 Å². The Labute approximate surface area is 194 Å². The number of likely N-dealkylation sites (tertiary alicyclic amines) is 1. The third-order valence-electron chi connectivity index (χ3n) is 6.15. The van der Waals surface area contributed by atoms with E-state index in [9.17, 15) is 14.3 Å². The number of nitrogens with zero attached hydrogens (tertiary/aromatic N) is 3. The van der Waals surface area contributed by atoms with Crippen molar-refractivity contribution in [3.8, 4) is 17.0 Å². The van der Waals surface area contributed by atoms with E-state index in [1.807, 2.05) is 45.9 Å². The van der Waals surface area contributed by atoms with E-state index in [4.69, 9.17) is 19.4 Å². The monoisotopic (exact) mass is 460 g/mol. The maximum atomic E-state index is 12.8. The number of hydrogen-bond acceptors (Lipinski definition) is 6. The highest BCUT2D eigenvalue weighted by Crippen LogP contribution is 2.31. The van der Waals surface area contributed by atoms with Crippen molar-refractivity contribution in [3.63, 3.8) is 0 Å². The first-order chi connectivity index (χ1) is 15.8. The van der Waals surface area contributed by atoms with Crippen LogP contribution in [0.25, 0.3) is 11.3 Å². The van der Waals surface area contributed by atoms with Crippen LogP contribution in [0, 0.1) is 6.92 Å². The van der Waals surface area contributed by atoms with Crippen molar-refractivity contribution >= 4 is 11.9 Å². The van der Waals surface area contributed by atoms with Gasteiger partial charge in [0.25, 0.3) is 0 Å². The molecule has 3 atom stereocenters.